The number of amides is 1. The maximum Gasteiger partial charge on any atom is 0.251 e. The van der Waals surface area contributed by atoms with Crippen molar-refractivity contribution in [2.24, 2.45) is 5.73 Å². The molecule has 1 amide bonds. The molecule has 1 aliphatic rings. The SMILES string of the molecule is Cl.NC1(CNC(=O)c2ccc(Cl)cc2)CCC1. The quantitative estimate of drug-likeness (QED) is 0.889. The molecule has 0 atom stereocenters. The number of hydrogen-bond donors (Lipinski definition) is 2. The van der Waals surface area contributed by atoms with Crippen molar-refractivity contribution in [3.05, 3.63) is 34.9 Å². The maximum atomic E-state index is 11.7. The lowest BCUT2D eigenvalue weighted by molar-refractivity contribution is 0.0930. The van der Waals surface area contributed by atoms with E-state index in [1.54, 1.807) is 24.3 Å². The molecule has 17 heavy (non-hydrogen) atoms. The van der Waals surface area contributed by atoms with E-state index < -0.39 is 0 Å². The molecule has 5 heteroatoms. The number of nitrogens with one attached hydrogen (secondary N) is 1. The Morgan fingerprint density at radius 2 is 1.94 bits per heavy atom. The Bertz CT molecular complexity index is 388. The first-order valence-corrected chi connectivity index (χ1v) is 5.80. The zero-order valence-electron chi connectivity index (χ0n) is 9.41. The van der Waals surface area contributed by atoms with Gasteiger partial charge in [0.15, 0.2) is 0 Å². The number of carbonyl (C=O) groups excluding carboxylic acids is 1. The van der Waals surface area contributed by atoms with Crippen LogP contribution in [-0.4, -0.2) is 18.0 Å². The van der Waals surface area contributed by atoms with Crippen molar-refractivity contribution in [1.82, 2.24) is 5.32 Å². The third-order valence-electron chi connectivity index (χ3n) is 3.06. The van der Waals surface area contributed by atoms with Crippen LogP contribution in [0.1, 0.15) is 29.6 Å². The lowest BCUT2D eigenvalue weighted by Crippen LogP contribution is -2.54. The summed E-state index contributed by atoms with van der Waals surface area (Å²) in [5.41, 5.74) is 6.46. The van der Waals surface area contributed by atoms with Crippen molar-refractivity contribution < 1.29 is 4.79 Å². The zero-order chi connectivity index (χ0) is 11.6. The Hall–Kier alpha value is -0.770. The van der Waals surface area contributed by atoms with Gasteiger partial charge in [-0.05, 0) is 43.5 Å². The average molecular weight is 275 g/mol. The summed E-state index contributed by atoms with van der Waals surface area (Å²) in [6.45, 7) is 0.550. The van der Waals surface area contributed by atoms with E-state index in [-0.39, 0.29) is 23.9 Å². The second-order valence-corrected chi connectivity index (χ2v) is 4.84. The van der Waals surface area contributed by atoms with E-state index in [0.29, 0.717) is 17.1 Å². The molecule has 0 aromatic heterocycles. The summed E-state index contributed by atoms with van der Waals surface area (Å²) in [5, 5.41) is 3.48. The van der Waals surface area contributed by atoms with Crippen LogP contribution < -0.4 is 11.1 Å². The Kier molecular flexibility index (Phi) is 4.80. The van der Waals surface area contributed by atoms with Crippen LogP contribution in [0.25, 0.3) is 0 Å². The van der Waals surface area contributed by atoms with Crippen molar-refractivity contribution >= 4 is 29.9 Å². The second-order valence-electron chi connectivity index (χ2n) is 4.41. The van der Waals surface area contributed by atoms with Gasteiger partial charge in [0.1, 0.15) is 0 Å². The van der Waals surface area contributed by atoms with Gasteiger partial charge in [-0.25, -0.2) is 0 Å². The number of hydrogen-bond acceptors (Lipinski definition) is 2. The number of carbonyl (C=O) groups is 1. The molecule has 0 unspecified atom stereocenters. The highest BCUT2D eigenvalue weighted by Gasteiger charge is 2.32. The standard InChI is InChI=1S/C12H15ClN2O.ClH/c13-10-4-2-9(3-5-10)11(16)15-8-12(14)6-1-7-12;/h2-5H,1,6-8,14H2,(H,15,16);1H. The normalized spacial score (nSPS) is 16.6. The van der Waals surface area contributed by atoms with E-state index in [0.717, 1.165) is 19.3 Å². The van der Waals surface area contributed by atoms with Gasteiger partial charge in [0.2, 0.25) is 0 Å². The zero-order valence-corrected chi connectivity index (χ0v) is 11.0. The average Bonchev–Trinajstić information content (AvgIpc) is 2.24. The van der Waals surface area contributed by atoms with E-state index in [9.17, 15) is 4.79 Å². The summed E-state index contributed by atoms with van der Waals surface area (Å²) in [7, 11) is 0. The van der Waals surface area contributed by atoms with Gasteiger partial charge in [-0.2, -0.15) is 0 Å². The molecular weight excluding hydrogens is 259 g/mol. The Morgan fingerprint density at radius 1 is 1.35 bits per heavy atom. The predicted octanol–water partition coefficient (Wildman–Crippen LogP) is 2.37. The van der Waals surface area contributed by atoms with Crippen molar-refractivity contribution in [2.45, 2.75) is 24.8 Å². The summed E-state index contributed by atoms with van der Waals surface area (Å²) >= 11 is 5.75. The van der Waals surface area contributed by atoms with E-state index >= 15 is 0 Å². The number of benzene rings is 1. The molecule has 0 radical (unpaired) electrons. The fourth-order valence-corrected chi connectivity index (χ4v) is 1.89. The first kappa shape index (κ1) is 14.3. The summed E-state index contributed by atoms with van der Waals surface area (Å²) < 4.78 is 0. The smallest absolute Gasteiger partial charge is 0.251 e. The Balaban J connectivity index is 0.00000144. The highest BCUT2D eigenvalue weighted by Crippen LogP contribution is 2.28. The maximum absolute atomic E-state index is 11.7. The van der Waals surface area contributed by atoms with Crippen LogP contribution in [0.2, 0.25) is 5.02 Å². The van der Waals surface area contributed by atoms with Crippen molar-refractivity contribution in [2.75, 3.05) is 6.54 Å². The Morgan fingerprint density at radius 3 is 2.41 bits per heavy atom. The van der Waals surface area contributed by atoms with Gasteiger partial charge in [-0.15, -0.1) is 12.4 Å². The summed E-state index contributed by atoms with van der Waals surface area (Å²) in [5.74, 6) is -0.0895. The topological polar surface area (TPSA) is 55.1 Å². The second kappa shape index (κ2) is 5.71. The molecule has 1 aliphatic carbocycles. The fraction of sp³-hybridized carbons (Fsp3) is 0.417. The van der Waals surface area contributed by atoms with Crippen molar-refractivity contribution in [3.8, 4) is 0 Å². The molecule has 3 N–H and O–H groups in total. The summed E-state index contributed by atoms with van der Waals surface area (Å²) in [6.07, 6.45) is 3.15. The van der Waals surface area contributed by atoms with Gasteiger partial charge < -0.3 is 11.1 Å². The van der Waals surface area contributed by atoms with Crippen LogP contribution in [0.3, 0.4) is 0 Å². The lowest BCUT2D eigenvalue weighted by atomic mass is 9.78. The predicted molar refractivity (Wildman–Crippen MR) is 71.8 cm³/mol. The molecule has 2 rings (SSSR count). The summed E-state index contributed by atoms with van der Waals surface area (Å²) in [4.78, 5) is 11.7. The van der Waals surface area contributed by atoms with Crippen molar-refractivity contribution in [3.63, 3.8) is 0 Å². The molecule has 1 aromatic rings. The molecule has 0 aliphatic heterocycles. The largest absolute Gasteiger partial charge is 0.350 e. The molecule has 0 bridgehead atoms. The number of halogens is 2. The molecule has 1 saturated carbocycles. The van der Waals surface area contributed by atoms with Gasteiger partial charge in [-0.1, -0.05) is 11.6 Å². The molecule has 3 nitrogen and oxygen atoms in total. The fourth-order valence-electron chi connectivity index (χ4n) is 1.77. The first-order valence-electron chi connectivity index (χ1n) is 5.42. The van der Waals surface area contributed by atoms with Crippen LogP contribution >= 0.6 is 24.0 Å². The lowest BCUT2D eigenvalue weighted by Gasteiger charge is -2.38. The molecule has 94 valence electrons. The van der Waals surface area contributed by atoms with Gasteiger partial charge in [0, 0.05) is 22.7 Å². The van der Waals surface area contributed by atoms with Crippen LogP contribution in [0, 0.1) is 0 Å². The van der Waals surface area contributed by atoms with Gasteiger partial charge in [-0.3, -0.25) is 4.79 Å². The van der Waals surface area contributed by atoms with Crippen LogP contribution in [0.4, 0.5) is 0 Å². The third-order valence-corrected chi connectivity index (χ3v) is 3.31. The minimum atomic E-state index is -0.178. The molecule has 1 fully saturated rings. The Labute approximate surface area is 112 Å². The van der Waals surface area contributed by atoms with E-state index in [4.69, 9.17) is 17.3 Å². The molecular formula is C12H16Cl2N2O. The number of rotatable bonds is 3. The highest BCUT2D eigenvalue weighted by atomic mass is 35.5. The van der Waals surface area contributed by atoms with Crippen LogP contribution in [0.5, 0.6) is 0 Å². The minimum absolute atomic E-state index is 0. The molecule has 0 heterocycles. The molecule has 0 spiro atoms. The number of nitrogens with two attached hydrogens (primary N) is 1. The minimum Gasteiger partial charge on any atom is -0.350 e. The van der Waals surface area contributed by atoms with E-state index in [2.05, 4.69) is 5.32 Å². The van der Waals surface area contributed by atoms with E-state index in [1.165, 1.54) is 0 Å². The summed E-state index contributed by atoms with van der Waals surface area (Å²) in [6, 6.07) is 6.83. The van der Waals surface area contributed by atoms with Crippen LogP contribution in [-0.2, 0) is 0 Å². The molecule has 0 saturated heterocycles. The van der Waals surface area contributed by atoms with Crippen molar-refractivity contribution in [1.29, 1.82) is 0 Å². The van der Waals surface area contributed by atoms with Crippen LogP contribution in [0.15, 0.2) is 24.3 Å². The monoisotopic (exact) mass is 274 g/mol. The van der Waals surface area contributed by atoms with Gasteiger partial charge >= 0.3 is 0 Å². The van der Waals surface area contributed by atoms with E-state index in [1.807, 2.05) is 0 Å². The highest BCUT2D eigenvalue weighted by molar-refractivity contribution is 6.30. The molecule has 1 aromatic carbocycles. The van der Waals surface area contributed by atoms with Gasteiger partial charge in [0.05, 0.1) is 0 Å². The third kappa shape index (κ3) is 3.60. The first-order chi connectivity index (χ1) is 7.59. The van der Waals surface area contributed by atoms with Gasteiger partial charge in [0.25, 0.3) is 5.91 Å².